The van der Waals surface area contributed by atoms with Gasteiger partial charge in [-0.25, -0.2) is 14.8 Å². The quantitative estimate of drug-likeness (QED) is 0.556. The van der Waals surface area contributed by atoms with Gasteiger partial charge in [0.05, 0.1) is 0 Å². The number of urea groups is 1. The van der Waals surface area contributed by atoms with Crippen molar-refractivity contribution in [1.82, 2.24) is 30.4 Å². The zero-order valence-corrected chi connectivity index (χ0v) is 22.7. The van der Waals surface area contributed by atoms with E-state index in [1.54, 1.807) is 6.07 Å². The second-order valence-electron chi connectivity index (χ2n) is 11.2. The Kier molecular flexibility index (Phi) is 8.42. The van der Waals surface area contributed by atoms with Gasteiger partial charge >= 0.3 is 6.03 Å². The van der Waals surface area contributed by atoms with E-state index in [0.29, 0.717) is 37.2 Å². The van der Waals surface area contributed by atoms with E-state index in [-0.39, 0.29) is 24.0 Å². The molecule has 2 saturated heterocycles. The van der Waals surface area contributed by atoms with Crippen LogP contribution in [-0.4, -0.2) is 83.1 Å². The standard InChI is InChI=1S/C29H41N7O2/c1-21-18-26(27(37)32-25-8-9-25)33-28(31-21)35-16-17-36(22(2)19-35)29(38)30-13-10-23-11-14-34(15-12-23)20-24-6-4-3-5-7-24/h3-7,18,22-23,25H,8-17,19-20H2,1-2H3,(H,30,38)(H,32,37)/t22-/m1/s1. The molecule has 2 N–H and O–H groups in total. The molecule has 38 heavy (non-hydrogen) atoms. The van der Waals surface area contributed by atoms with Gasteiger partial charge in [-0.05, 0) is 76.6 Å². The molecule has 1 atom stereocenters. The Labute approximate surface area is 226 Å². The van der Waals surface area contributed by atoms with E-state index in [4.69, 9.17) is 0 Å². The van der Waals surface area contributed by atoms with E-state index in [1.807, 2.05) is 11.8 Å². The molecule has 1 aromatic heterocycles. The molecule has 9 nitrogen and oxygen atoms in total. The molecule has 1 saturated carbocycles. The van der Waals surface area contributed by atoms with E-state index >= 15 is 0 Å². The molecule has 0 bridgehead atoms. The largest absolute Gasteiger partial charge is 0.348 e. The number of aryl methyl sites for hydroxylation is 1. The lowest BCUT2D eigenvalue weighted by Crippen LogP contribution is -2.57. The fraction of sp³-hybridized carbons (Fsp3) is 0.586. The number of benzene rings is 1. The highest BCUT2D eigenvalue weighted by Gasteiger charge is 2.30. The van der Waals surface area contributed by atoms with Crippen LogP contribution in [0.3, 0.4) is 0 Å². The smallest absolute Gasteiger partial charge is 0.317 e. The summed E-state index contributed by atoms with van der Waals surface area (Å²) in [6.45, 7) is 9.82. The Morgan fingerprint density at radius 3 is 2.47 bits per heavy atom. The first-order valence-corrected chi connectivity index (χ1v) is 14.2. The van der Waals surface area contributed by atoms with Crippen molar-refractivity contribution in [2.75, 3.05) is 44.2 Å². The van der Waals surface area contributed by atoms with Crippen molar-refractivity contribution in [3.63, 3.8) is 0 Å². The summed E-state index contributed by atoms with van der Waals surface area (Å²) in [6, 6.07) is 12.7. The first-order chi connectivity index (χ1) is 18.4. The molecule has 2 aliphatic heterocycles. The van der Waals surface area contributed by atoms with Crippen molar-refractivity contribution in [1.29, 1.82) is 0 Å². The van der Waals surface area contributed by atoms with E-state index in [0.717, 1.165) is 51.1 Å². The molecular formula is C29H41N7O2. The molecule has 0 radical (unpaired) electrons. The number of anilines is 1. The number of nitrogens with one attached hydrogen (secondary N) is 2. The molecule has 204 valence electrons. The average Bonchev–Trinajstić information content (AvgIpc) is 3.74. The van der Waals surface area contributed by atoms with Gasteiger partial charge in [0.15, 0.2) is 0 Å². The van der Waals surface area contributed by atoms with Crippen LogP contribution in [-0.2, 0) is 6.54 Å². The predicted molar refractivity (Wildman–Crippen MR) is 148 cm³/mol. The number of piperazine rings is 1. The second-order valence-corrected chi connectivity index (χ2v) is 11.2. The van der Waals surface area contributed by atoms with E-state index < -0.39 is 0 Å². The third-order valence-corrected chi connectivity index (χ3v) is 7.94. The van der Waals surface area contributed by atoms with Crippen LogP contribution in [0, 0.1) is 12.8 Å². The maximum atomic E-state index is 13.0. The minimum atomic E-state index is -0.132. The lowest BCUT2D eigenvalue weighted by Gasteiger charge is -2.40. The Morgan fingerprint density at radius 2 is 1.76 bits per heavy atom. The van der Waals surface area contributed by atoms with Gasteiger partial charge in [0.25, 0.3) is 5.91 Å². The van der Waals surface area contributed by atoms with Gasteiger partial charge in [-0.3, -0.25) is 9.69 Å². The number of likely N-dealkylation sites (tertiary alicyclic amines) is 1. The summed E-state index contributed by atoms with van der Waals surface area (Å²) in [5, 5.41) is 6.17. The monoisotopic (exact) mass is 519 g/mol. The van der Waals surface area contributed by atoms with Crippen LogP contribution in [0.25, 0.3) is 0 Å². The van der Waals surface area contributed by atoms with Gasteiger partial charge in [-0.1, -0.05) is 30.3 Å². The fourth-order valence-corrected chi connectivity index (χ4v) is 5.50. The SMILES string of the molecule is Cc1cc(C(=O)NC2CC2)nc(N2CCN(C(=O)NCCC3CCN(Cc4ccccc4)CC3)[C@H](C)C2)n1. The van der Waals surface area contributed by atoms with Crippen molar-refractivity contribution in [2.24, 2.45) is 5.92 Å². The summed E-state index contributed by atoms with van der Waals surface area (Å²) >= 11 is 0. The maximum absolute atomic E-state index is 13.0. The molecule has 2 aromatic rings. The normalized spacial score (nSPS) is 20.8. The van der Waals surface area contributed by atoms with Gasteiger partial charge in [0.1, 0.15) is 5.69 Å². The number of amides is 3. The first-order valence-electron chi connectivity index (χ1n) is 14.2. The van der Waals surface area contributed by atoms with Gasteiger partial charge in [-0.2, -0.15) is 0 Å². The van der Waals surface area contributed by atoms with Crippen molar-refractivity contribution in [3.05, 3.63) is 53.3 Å². The highest BCUT2D eigenvalue weighted by atomic mass is 16.2. The fourth-order valence-electron chi connectivity index (χ4n) is 5.50. The van der Waals surface area contributed by atoms with Gasteiger partial charge < -0.3 is 20.4 Å². The van der Waals surface area contributed by atoms with Gasteiger partial charge in [0.2, 0.25) is 5.95 Å². The Morgan fingerprint density at radius 1 is 1.00 bits per heavy atom. The second kappa shape index (κ2) is 12.1. The molecular weight excluding hydrogens is 478 g/mol. The zero-order chi connectivity index (χ0) is 26.5. The average molecular weight is 520 g/mol. The van der Waals surface area contributed by atoms with Crippen molar-refractivity contribution in [2.45, 2.75) is 64.6 Å². The molecule has 3 amide bonds. The molecule has 3 fully saturated rings. The molecule has 0 unspecified atom stereocenters. The third-order valence-electron chi connectivity index (χ3n) is 7.94. The number of carbonyl (C=O) groups is 2. The summed E-state index contributed by atoms with van der Waals surface area (Å²) in [5.74, 6) is 1.10. The van der Waals surface area contributed by atoms with Crippen LogP contribution in [0.4, 0.5) is 10.7 Å². The van der Waals surface area contributed by atoms with Crippen molar-refractivity contribution < 1.29 is 9.59 Å². The van der Waals surface area contributed by atoms with Crippen LogP contribution in [0.1, 0.15) is 60.8 Å². The number of hydrogen-bond acceptors (Lipinski definition) is 6. The van der Waals surface area contributed by atoms with Crippen molar-refractivity contribution in [3.8, 4) is 0 Å². The Hall–Kier alpha value is -3.20. The molecule has 9 heteroatoms. The maximum Gasteiger partial charge on any atom is 0.317 e. The van der Waals surface area contributed by atoms with Crippen molar-refractivity contribution >= 4 is 17.9 Å². The number of nitrogens with zero attached hydrogens (tertiary/aromatic N) is 5. The lowest BCUT2D eigenvalue weighted by atomic mass is 9.93. The highest BCUT2D eigenvalue weighted by molar-refractivity contribution is 5.93. The number of hydrogen-bond donors (Lipinski definition) is 2. The third kappa shape index (κ3) is 7.01. The molecule has 5 rings (SSSR count). The van der Waals surface area contributed by atoms with Crippen LogP contribution in [0.15, 0.2) is 36.4 Å². The summed E-state index contributed by atoms with van der Waals surface area (Å²) in [6.07, 6.45) is 5.49. The van der Waals surface area contributed by atoms with E-state index in [2.05, 4.69) is 67.7 Å². The lowest BCUT2D eigenvalue weighted by molar-refractivity contribution is 0.0946. The summed E-state index contributed by atoms with van der Waals surface area (Å²) in [5.41, 5.74) is 2.56. The summed E-state index contributed by atoms with van der Waals surface area (Å²) in [4.78, 5) is 41.1. The van der Waals surface area contributed by atoms with Crippen LogP contribution in [0.5, 0.6) is 0 Å². The van der Waals surface area contributed by atoms with Gasteiger partial charge in [-0.15, -0.1) is 0 Å². The zero-order valence-electron chi connectivity index (χ0n) is 22.7. The van der Waals surface area contributed by atoms with Gasteiger partial charge in [0, 0.05) is 50.5 Å². The molecule has 1 aliphatic carbocycles. The van der Waals surface area contributed by atoms with Crippen LogP contribution >= 0.6 is 0 Å². The highest BCUT2D eigenvalue weighted by Crippen LogP contribution is 2.22. The molecule has 3 heterocycles. The number of aromatic nitrogens is 2. The topological polar surface area (TPSA) is 93.7 Å². The minimum Gasteiger partial charge on any atom is -0.348 e. The number of carbonyl (C=O) groups excluding carboxylic acids is 2. The molecule has 3 aliphatic rings. The van der Waals surface area contributed by atoms with Crippen LogP contribution < -0.4 is 15.5 Å². The summed E-state index contributed by atoms with van der Waals surface area (Å²) in [7, 11) is 0. The molecule has 0 spiro atoms. The molecule has 1 aromatic carbocycles. The number of piperidine rings is 1. The number of rotatable bonds is 8. The minimum absolute atomic E-state index is 0.00771. The first kappa shape index (κ1) is 26.4. The predicted octanol–water partition coefficient (Wildman–Crippen LogP) is 3.20. The Balaban J connectivity index is 1.04. The van der Waals surface area contributed by atoms with Crippen LogP contribution in [0.2, 0.25) is 0 Å². The van der Waals surface area contributed by atoms with E-state index in [1.165, 1.54) is 18.4 Å². The van der Waals surface area contributed by atoms with E-state index in [9.17, 15) is 9.59 Å². The summed E-state index contributed by atoms with van der Waals surface area (Å²) < 4.78 is 0. The Bertz CT molecular complexity index is 1100.